The number of nitrogens with zero attached hydrogens (tertiary/aromatic N) is 3. The van der Waals surface area contributed by atoms with Gasteiger partial charge in [-0.2, -0.15) is 5.26 Å². The van der Waals surface area contributed by atoms with E-state index in [2.05, 4.69) is 11.1 Å². The highest BCUT2D eigenvalue weighted by molar-refractivity contribution is 5.92. The molecule has 3 rings (SSSR count). The summed E-state index contributed by atoms with van der Waals surface area (Å²) in [4.78, 5) is 15.1. The Labute approximate surface area is 119 Å². The van der Waals surface area contributed by atoms with Gasteiger partial charge in [0, 0.05) is 24.2 Å². The van der Waals surface area contributed by atoms with E-state index in [0.29, 0.717) is 22.3 Å². The number of carbonyl (C=O) groups is 1. The molecule has 0 saturated heterocycles. The second-order valence-corrected chi connectivity index (χ2v) is 4.45. The molecule has 0 radical (unpaired) electrons. The molecule has 0 bridgehead atoms. The van der Waals surface area contributed by atoms with Gasteiger partial charge in [0.05, 0.1) is 5.56 Å². The van der Waals surface area contributed by atoms with Gasteiger partial charge in [-0.05, 0) is 23.8 Å². The number of benzene rings is 1. The van der Waals surface area contributed by atoms with Crippen molar-refractivity contribution < 1.29 is 15.0 Å². The summed E-state index contributed by atoms with van der Waals surface area (Å²) in [5.74, 6) is -1.53. The Morgan fingerprint density at radius 1 is 1.33 bits per heavy atom. The van der Waals surface area contributed by atoms with E-state index in [4.69, 9.17) is 10.4 Å². The third kappa shape index (κ3) is 2.07. The number of aromatic carboxylic acids is 1. The third-order valence-electron chi connectivity index (χ3n) is 3.16. The first-order valence-corrected chi connectivity index (χ1v) is 6.03. The average molecular weight is 279 g/mol. The Morgan fingerprint density at radius 2 is 2.14 bits per heavy atom. The van der Waals surface area contributed by atoms with E-state index in [1.165, 1.54) is 12.1 Å². The zero-order valence-electron chi connectivity index (χ0n) is 10.7. The number of aromatic hydroxyl groups is 1. The maximum absolute atomic E-state index is 10.9. The van der Waals surface area contributed by atoms with Crippen LogP contribution in [0.5, 0.6) is 5.75 Å². The van der Waals surface area contributed by atoms with E-state index in [-0.39, 0.29) is 11.3 Å². The molecule has 0 saturated carbocycles. The first kappa shape index (κ1) is 12.7. The average Bonchev–Trinajstić information content (AvgIpc) is 2.93. The Balaban J connectivity index is 2.25. The molecule has 1 aromatic carbocycles. The van der Waals surface area contributed by atoms with Gasteiger partial charge in [-0.25, -0.2) is 9.78 Å². The SMILES string of the molecule is N#Cc1cc(-c2ccc(C(=O)O)c(O)c2)c2nccn2c1. The molecule has 21 heavy (non-hydrogen) atoms. The summed E-state index contributed by atoms with van der Waals surface area (Å²) >= 11 is 0. The molecular formula is C15H9N3O3. The van der Waals surface area contributed by atoms with Gasteiger partial charge in [0.2, 0.25) is 0 Å². The minimum Gasteiger partial charge on any atom is -0.507 e. The number of rotatable bonds is 2. The van der Waals surface area contributed by atoms with Crippen molar-refractivity contribution >= 4 is 11.6 Å². The van der Waals surface area contributed by atoms with Crippen molar-refractivity contribution in [3.8, 4) is 22.9 Å². The largest absolute Gasteiger partial charge is 0.507 e. The summed E-state index contributed by atoms with van der Waals surface area (Å²) < 4.78 is 1.70. The maximum Gasteiger partial charge on any atom is 0.339 e. The van der Waals surface area contributed by atoms with Gasteiger partial charge in [0.1, 0.15) is 23.0 Å². The van der Waals surface area contributed by atoms with Crippen LogP contribution < -0.4 is 0 Å². The maximum atomic E-state index is 10.9. The van der Waals surface area contributed by atoms with E-state index in [1.54, 1.807) is 35.1 Å². The van der Waals surface area contributed by atoms with Crippen LogP contribution in [0.1, 0.15) is 15.9 Å². The van der Waals surface area contributed by atoms with E-state index < -0.39 is 5.97 Å². The van der Waals surface area contributed by atoms with Crippen LogP contribution in [0.4, 0.5) is 0 Å². The van der Waals surface area contributed by atoms with Crippen molar-refractivity contribution in [3.63, 3.8) is 0 Å². The van der Waals surface area contributed by atoms with Gasteiger partial charge < -0.3 is 14.6 Å². The molecule has 6 nitrogen and oxygen atoms in total. The molecule has 0 unspecified atom stereocenters. The number of pyridine rings is 1. The van der Waals surface area contributed by atoms with Crippen LogP contribution in [0.25, 0.3) is 16.8 Å². The minimum absolute atomic E-state index is 0.172. The van der Waals surface area contributed by atoms with Crippen molar-refractivity contribution in [1.82, 2.24) is 9.38 Å². The topological polar surface area (TPSA) is 98.6 Å². The van der Waals surface area contributed by atoms with Crippen LogP contribution in [0.2, 0.25) is 0 Å². The number of carboxylic acid groups (broad SMARTS) is 1. The van der Waals surface area contributed by atoms with Crippen molar-refractivity contribution in [2.45, 2.75) is 0 Å². The molecule has 0 spiro atoms. The highest BCUT2D eigenvalue weighted by Gasteiger charge is 2.13. The fourth-order valence-corrected chi connectivity index (χ4v) is 2.19. The molecule has 0 aliphatic carbocycles. The highest BCUT2D eigenvalue weighted by atomic mass is 16.4. The van der Waals surface area contributed by atoms with Crippen LogP contribution in [0.15, 0.2) is 42.9 Å². The third-order valence-corrected chi connectivity index (χ3v) is 3.16. The predicted octanol–water partition coefficient (Wildman–Crippen LogP) is 2.28. The predicted molar refractivity (Wildman–Crippen MR) is 74.0 cm³/mol. The fraction of sp³-hybridized carbons (Fsp3) is 0. The van der Waals surface area contributed by atoms with Gasteiger partial charge in [0.25, 0.3) is 0 Å². The number of hydrogen-bond donors (Lipinski definition) is 2. The molecule has 2 N–H and O–H groups in total. The van der Waals surface area contributed by atoms with Gasteiger partial charge in [-0.15, -0.1) is 0 Å². The summed E-state index contributed by atoms with van der Waals surface area (Å²) in [6, 6.07) is 7.97. The monoisotopic (exact) mass is 279 g/mol. The standard InChI is InChI=1S/C15H9N3O3/c16-7-9-5-12(14-17-3-4-18(14)8-9)10-1-2-11(15(20)21)13(19)6-10/h1-6,8,19H,(H,20,21). The second kappa shape index (κ2) is 4.65. The lowest BCUT2D eigenvalue weighted by Gasteiger charge is -2.07. The van der Waals surface area contributed by atoms with Crippen LogP contribution in [0, 0.1) is 11.3 Å². The molecule has 0 aliphatic rings. The number of carboxylic acids is 1. The summed E-state index contributed by atoms with van der Waals surface area (Å²) in [7, 11) is 0. The lowest BCUT2D eigenvalue weighted by atomic mass is 10.0. The Hall–Kier alpha value is -3.33. The number of aromatic nitrogens is 2. The Bertz CT molecular complexity index is 906. The molecule has 3 aromatic rings. The number of fused-ring (bicyclic) bond motifs is 1. The molecule has 2 heterocycles. The Morgan fingerprint density at radius 3 is 2.81 bits per heavy atom. The van der Waals surface area contributed by atoms with Crippen LogP contribution in [-0.4, -0.2) is 25.6 Å². The van der Waals surface area contributed by atoms with Gasteiger partial charge in [-0.3, -0.25) is 0 Å². The van der Waals surface area contributed by atoms with E-state index in [1.807, 2.05) is 0 Å². The lowest BCUT2D eigenvalue weighted by molar-refractivity contribution is 0.0694. The summed E-state index contributed by atoms with van der Waals surface area (Å²) in [6.45, 7) is 0. The molecule has 0 fully saturated rings. The first-order chi connectivity index (χ1) is 10.1. The Kier molecular flexibility index (Phi) is 2.81. The van der Waals surface area contributed by atoms with E-state index >= 15 is 0 Å². The fourth-order valence-electron chi connectivity index (χ4n) is 2.19. The molecule has 0 atom stereocenters. The number of imidazole rings is 1. The normalized spacial score (nSPS) is 10.4. The summed E-state index contributed by atoms with van der Waals surface area (Å²) in [5, 5.41) is 27.8. The zero-order valence-corrected chi connectivity index (χ0v) is 10.7. The molecule has 0 amide bonds. The summed E-state index contributed by atoms with van der Waals surface area (Å²) in [5.41, 5.74) is 2.13. The molecular weight excluding hydrogens is 270 g/mol. The van der Waals surface area contributed by atoms with Crippen LogP contribution in [-0.2, 0) is 0 Å². The number of hydrogen-bond acceptors (Lipinski definition) is 4. The van der Waals surface area contributed by atoms with Crippen LogP contribution >= 0.6 is 0 Å². The molecule has 6 heteroatoms. The van der Waals surface area contributed by atoms with Gasteiger partial charge in [-0.1, -0.05) is 6.07 Å². The first-order valence-electron chi connectivity index (χ1n) is 6.03. The highest BCUT2D eigenvalue weighted by Crippen LogP contribution is 2.29. The second-order valence-electron chi connectivity index (χ2n) is 4.45. The van der Waals surface area contributed by atoms with Crippen molar-refractivity contribution in [2.75, 3.05) is 0 Å². The quantitative estimate of drug-likeness (QED) is 0.749. The van der Waals surface area contributed by atoms with Crippen LogP contribution in [0.3, 0.4) is 0 Å². The molecule has 0 aliphatic heterocycles. The zero-order chi connectivity index (χ0) is 15.0. The summed E-state index contributed by atoms with van der Waals surface area (Å²) in [6.07, 6.45) is 4.97. The number of phenols is 1. The smallest absolute Gasteiger partial charge is 0.339 e. The lowest BCUT2D eigenvalue weighted by Crippen LogP contribution is -1.97. The van der Waals surface area contributed by atoms with E-state index in [9.17, 15) is 9.90 Å². The van der Waals surface area contributed by atoms with Gasteiger partial charge in [0.15, 0.2) is 0 Å². The van der Waals surface area contributed by atoms with Gasteiger partial charge >= 0.3 is 5.97 Å². The van der Waals surface area contributed by atoms with Crippen molar-refractivity contribution in [3.05, 3.63) is 54.0 Å². The number of nitriles is 1. The minimum atomic E-state index is -1.20. The van der Waals surface area contributed by atoms with Crippen molar-refractivity contribution in [1.29, 1.82) is 5.26 Å². The molecule has 2 aromatic heterocycles. The van der Waals surface area contributed by atoms with Crippen molar-refractivity contribution in [2.24, 2.45) is 0 Å². The van der Waals surface area contributed by atoms with E-state index in [0.717, 1.165) is 0 Å². The molecule has 102 valence electrons.